The highest BCUT2D eigenvalue weighted by Gasteiger charge is 2.29. The van der Waals surface area contributed by atoms with Crippen molar-refractivity contribution >= 4 is 29.0 Å². The predicted molar refractivity (Wildman–Crippen MR) is 167 cm³/mol. The normalized spacial score (nSPS) is 11.1. The van der Waals surface area contributed by atoms with Crippen LogP contribution in [0, 0.1) is 0 Å². The third-order valence-electron chi connectivity index (χ3n) is 7.65. The van der Waals surface area contributed by atoms with E-state index >= 15 is 0 Å². The Morgan fingerprint density at radius 1 is 0.343 bits per heavy atom. The summed E-state index contributed by atoms with van der Waals surface area (Å²) in [4.78, 5) is 0. The molecule has 0 radical (unpaired) electrons. The van der Waals surface area contributed by atoms with Crippen molar-refractivity contribution in [2.24, 2.45) is 0 Å². The zero-order chi connectivity index (χ0) is 25.6. The van der Waals surface area contributed by atoms with Gasteiger partial charge in [-0.05, 0) is 38.5 Å². The molecule has 0 aliphatic rings. The lowest BCUT2D eigenvalue weighted by atomic mass is 10.1. The van der Waals surface area contributed by atoms with Gasteiger partial charge in [0.25, 0.3) is 0 Å². The van der Waals surface area contributed by atoms with Crippen LogP contribution in [0.5, 0.6) is 0 Å². The number of unbranched alkanes of at least 4 members (excludes halogenated alkanes) is 21. The van der Waals surface area contributed by atoms with Crippen molar-refractivity contribution in [3.05, 3.63) is 0 Å². The van der Waals surface area contributed by atoms with Crippen LogP contribution in [0.4, 0.5) is 0 Å². The van der Waals surface area contributed by atoms with E-state index in [1.54, 1.807) is 18.5 Å². The fourth-order valence-corrected chi connectivity index (χ4v) is 8.85. The average molecular weight is 621 g/mol. The highest BCUT2D eigenvalue weighted by Crippen LogP contribution is 2.57. The molecule has 0 N–H and O–H groups in total. The predicted octanol–water partition coefficient (Wildman–Crippen LogP) is 10.4. The van der Waals surface area contributed by atoms with Crippen molar-refractivity contribution in [3.8, 4) is 0 Å². The van der Waals surface area contributed by atoms with Crippen molar-refractivity contribution in [2.75, 3.05) is 25.2 Å². The second kappa shape index (κ2) is 35.5. The minimum absolute atomic E-state index is 0. The lowest BCUT2D eigenvalue weighted by molar-refractivity contribution is -0.00000764. The Morgan fingerprint density at radius 2 is 0.514 bits per heavy atom. The third-order valence-corrected chi connectivity index (χ3v) is 11.8. The minimum Gasteiger partial charge on any atom is -1.00 e. The highest BCUT2D eigenvalue weighted by atomic mass is 79.9. The third kappa shape index (κ3) is 33.5. The smallest absolute Gasteiger partial charge is 0.0591 e. The zero-order valence-corrected chi connectivity index (χ0v) is 28.7. The molecule has 0 amide bonds. The summed E-state index contributed by atoms with van der Waals surface area (Å²) >= 11 is 0. The summed E-state index contributed by atoms with van der Waals surface area (Å²) in [6.07, 6.45) is 40.2. The van der Waals surface area contributed by atoms with Crippen LogP contribution in [0.2, 0.25) is 0 Å². The van der Waals surface area contributed by atoms with Gasteiger partial charge in [0.05, 0.1) is 18.5 Å². The van der Waals surface area contributed by atoms with Gasteiger partial charge in [0, 0.05) is 35.6 Å². The molecule has 0 nitrogen and oxygen atoms in total. The maximum Gasteiger partial charge on any atom is 0.0591 e. The van der Waals surface area contributed by atoms with Crippen LogP contribution in [-0.2, 0) is 0 Å². The van der Waals surface area contributed by atoms with Crippen molar-refractivity contribution in [1.29, 1.82) is 0 Å². The number of hydrogen-bond donors (Lipinski definition) is 0. The Balaban J connectivity index is -0.00000332. The topological polar surface area (TPSA) is 0 Å². The van der Waals surface area contributed by atoms with Gasteiger partial charge in [-0.3, -0.25) is 0 Å². The molecule has 0 aromatic heterocycles. The molecule has 0 spiro atoms. The van der Waals surface area contributed by atoms with E-state index in [0.717, 1.165) is 0 Å². The SMILES string of the molecule is CCCCCCCCCC[P+](C)(CCCCCCCCCC)CCCCCCCCCC.ClCl.[Br-]. The summed E-state index contributed by atoms with van der Waals surface area (Å²) in [6.45, 7) is 9.73. The van der Waals surface area contributed by atoms with Crippen LogP contribution in [-0.4, -0.2) is 25.2 Å². The minimum atomic E-state index is -0.668. The Morgan fingerprint density at radius 3 is 0.714 bits per heavy atom. The summed E-state index contributed by atoms with van der Waals surface area (Å²) in [5.41, 5.74) is 0. The second-order valence-corrected chi connectivity index (χ2v) is 15.8. The first kappa shape index (κ1) is 41.0. The maximum atomic E-state index is 4.11. The molecular formula is C31H66BrCl2P. The van der Waals surface area contributed by atoms with E-state index in [4.69, 9.17) is 0 Å². The molecule has 0 aliphatic heterocycles. The van der Waals surface area contributed by atoms with Gasteiger partial charge in [-0.25, -0.2) is 0 Å². The Bertz CT molecular complexity index is 305. The zero-order valence-electron chi connectivity index (χ0n) is 24.7. The monoisotopic (exact) mass is 618 g/mol. The van der Waals surface area contributed by atoms with Crippen LogP contribution < -0.4 is 17.0 Å². The lowest BCUT2D eigenvalue weighted by Gasteiger charge is -2.24. The molecule has 0 rings (SSSR count). The molecule has 0 unspecified atom stereocenters. The largest absolute Gasteiger partial charge is 1.00 e. The molecule has 4 heteroatoms. The van der Waals surface area contributed by atoms with Crippen LogP contribution in [0.15, 0.2) is 0 Å². The molecule has 0 aromatic carbocycles. The van der Waals surface area contributed by atoms with E-state index in [1.807, 2.05) is 0 Å². The average Bonchev–Trinajstić information content (AvgIpc) is 2.85. The van der Waals surface area contributed by atoms with Gasteiger partial charge in [0.15, 0.2) is 0 Å². The van der Waals surface area contributed by atoms with Crippen LogP contribution >= 0.6 is 29.0 Å². The van der Waals surface area contributed by atoms with Crippen LogP contribution in [0.25, 0.3) is 0 Å². The van der Waals surface area contributed by atoms with Gasteiger partial charge in [-0.1, -0.05) is 136 Å². The molecular weight excluding hydrogens is 554 g/mol. The van der Waals surface area contributed by atoms with Gasteiger partial charge >= 0.3 is 0 Å². The first-order valence-electron chi connectivity index (χ1n) is 15.7. The number of hydrogen-bond acceptors (Lipinski definition) is 0. The summed E-state index contributed by atoms with van der Waals surface area (Å²) in [6, 6.07) is 0. The molecule has 0 atom stereocenters. The first-order chi connectivity index (χ1) is 16.7. The standard InChI is InChI=1S/C31H66P.BrH.Cl2/c1-5-8-11-14-17-20-23-26-29-32(4,30-27-24-21-18-15-12-9-6-2)31-28-25-22-19-16-13-10-7-3;;1-2/h5-31H2,1-4H3;1H;/q+1;;/p-1. The molecule has 216 valence electrons. The van der Waals surface area contributed by atoms with Crippen LogP contribution in [0.1, 0.15) is 175 Å². The first-order valence-corrected chi connectivity index (χ1v) is 19.6. The number of halogens is 3. The van der Waals surface area contributed by atoms with E-state index in [-0.39, 0.29) is 17.0 Å². The van der Waals surface area contributed by atoms with Crippen molar-refractivity contribution in [2.45, 2.75) is 175 Å². The fraction of sp³-hybridized carbons (Fsp3) is 1.00. The second-order valence-electron chi connectivity index (χ2n) is 11.2. The quantitative estimate of drug-likeness (QED) is 0.0633. The van der Waals surface area contributed by atoms with Crippen molar-refractivity contribution in [3.63, 3.8) is 0 Å². The van der Waals surface area contributed by atoms with E-state index in [1.165, 1.54) is 154 Å². The summed E-state index contributed by atoms with van der Waals surface area (Å²) in [5.74, 6) is 0. The van der Waals surface area contributed by atoms with E-state index in [9.17, 15) is 0 Å². The van der Waals surface area contributed by atoms with Gasteiger partial charge < -0.3 is 17.0 Å². The van der Waals surface area contributed by atoms with Gasteiger partial charge in [-0.2, -0.15) is 0 Å². The molecule has 0 saturated heterocycles. The molecule has 0 fully saturated rings. The van der Waals surface area contributed by atoms with Crippen molar-refractivity contribution in [1.82, 2.24) is 0 Å². The molecule has 0 saturated carbocycles. The summed E-state index contributed by atoms with van der Waals surface area (Å²) in [7, 11) is 7.55. The Labute approximate surface area is 244 Å². The maximum absolute atomic E-state index is 4.11. The Hall–Kier alpha value is 1.49. The molecule has 0 heterocycles. The van der Waals surface area contributed by atoms with E-state index in [2.05, 4.69) is 49.1 Å². The van der Waals surface area contributed by atoms with E-state index in [0.29, 0.717) is 0 Å². The number of rotatable bonds is 27. The molecule has 0 aliphatic carbocycles. The van der Waals surface area contributed by atoms with E-state index < -0.39 is 7.26 Å². The molecule has 35 heavy (non-hydrogen) atoms. The van der Waals surface area contributed by atoms with Crippen LogP contribution in [0.3, 0.4) is 0 Å². The van der Waals surface area contributed by atoms with Gasteiger partial charge in [-0.15, -0.1) is 0 Å². The summed E-state index contributed by atoms with van der Waals surface area (Å²) in [5, 5.41) is 0. The lowest BCUT2D eigenvalue weighted by Crippen LogP contribution is -3.00. The summed E-state index contributed by atoms with van der Waals surface area (Å²) < 4.78 is 0. The molecule has 0 bridgehead atoms. The highest BCUT2D eigenvalue weighted by molar-refractivity contribution is 7.75. The molecule has 0 aromatic rings. The van der Waals surface area contributed by atoms with Gasteiger partial charge in [0.2, 0.25) is 0 Å². The van der Waals surface area contributed by atoms with Gasteiger partial charge in [0.1, 0.15) is 0 Å². The fourth-order valence-electron chi connectivity index (χ4n) is 5.22. The Kier molecular flexibility index (Phi) is 41.6. The van der Waals surface area contributed by atoms with Crippen molar-refractivity contribution < 1.29 is 17.0 Å².